The average Bonchev–Trinajstić information content (AvgIpc) is 2.89. The minimum Gasteiger partial charge on any atom is -0.437 e. The van der Waals surface area contributed by atoms with Crippen LogP contribution in [0.1, 0.15) is 22.4 Å². The van der Waals surface area contributed by atoms with Gasteiger partial charge in [0, 0.05) is 6.08 Å². The number of benzene rings is 1. The van der Waals surface area contributed by atoms with E-state index in [1.807, 2.05) is 32.0 Å². The highest BCUT2D eigenvalue weighted by Gasteiger charge is 2.18. The van der Waals surface area contributed by atoms with Gasteiger partial charge in [-0.2, -0.15) is 15.2 Å². The summed E-state index contributed by atoms with van der Waals surface area (Å²) in [5, 5.41) is 13.1. The zero-order valence-corrected chi connectivity index (χ0v) is 14.0. The van der Waals surface area contributed by atoms with Gasteiger partial charge in [0.25, 0.3) is 5.71 Å². The van der Waals surface area contributed by atoms with Crippen LogP contribution in [0.2, 0.25) is 5.28 Å². The molecule has 0 N–H and O–H groups in total. The third-order valence-corrected chi connectivity index (χ3v) is 3.65. The molecule has 0 radical (unpaired) electrons. The number of allylic oxidation sites excluding steroid dienone is 1. The third kappa shape index (κ3) is 2.94. The number of rotatable bonds is 3. The van der Waals surface area contributed by atoms with Crippen molar-refractivity contribution < 1.29 is 9.26 Å². The van der Waals surface area contributed by atoms with E-state index in [1.54, 1.807) is 13.0 Å². The van der Waals surface area contributed by atoms with Gasteiger partial charge >= 0.3 is 0 Å². The molecule has 0 saturated carbocycles. The Kier molecular flexibility index (Phi) is 4.19. The van der Waals surface area contributed by atoms with E-state index in [9.17, 15) is 0 Å². The van der Waals surface area contributed by atoms with Gasteiger partial charge in [-0.3, -0.25) is 0 Å². The normalized spacial score (nSPS) is 11.1. The molecule has 1 aromatic carbocycles. The number of hydrogen-bond acceptors (Lipinski definition) is 6. The molecule has 0 spiro atoms. The highest BCUT2D eigenvalue weighted by atomic mass is 35.5. The first-order valence-corrected chi connectivity index (χ1v) is 7.52. The van der Waals surface area contributed by atoms with Gasteiger partial charge in [0.15, 0.2) is 0 Å². The Bertz CT molecular complexity index is 979. The molecular weight excluding hydrogens is 328 g/mol. The van der Waals surface area contributed by atoms with Crippen LogP contribution < -0.4 is 4.74 Å². The fourth-order valence-corrected chi connectivity index (χ4v) is 2.63. The first-order chi connectivity index (χ1) is 11.5. The zero-order chi connectivity index (χ0) is 17.3. The number of halogens is 1. The van der Waals surface area contributed by atoms with Crippen LogP contribution in [0.25, 0.3) is 17.2 Å². The van der Waals surface area contributed by atoms with Gasteiger partial charge in [0.2, 0.25) is 11.2 Å². The van der Waals surface area contributed by atoms with Gasteiger partial charge in [-0.25, -0.2) is 0 Å². The molecule has 3 aromatic rings. The quantitative estimate of drug-likeness (QED) is 0.514. The van der Waals surface area contributed by atoms with Crippen LogP contribution >= 0.6 is 11.6 Å². The van der Waals surface area contributed by atoms with Crippen LogP contribution in [0.3, 0.4) is 0 Å². The summed E-state index contributed by atoms with van der Waals surface area (Å²) in [6.45, 7) is 5.63. The van der Waals surface area contributed by atoms with Crippen LogP contribution in [0, 0.1) is 32.1 Å². The Labute approximate surface area is 143 Å². The van der Waals surface area contributed by atoms with Gasteiger partial charge in [0.05, 0.1) is 11.8 Å². The molecule has 0 fully saturated rings. The smallest absolute Gasteiger partial charge is 0.266 e. The lowest BCUT2D eigenvalue weighted by atomic mass is 10.1. The number of nitrogens with zero attached hydrogens (tertiary/aromatic N) is 4. The maximum absolute atomic E-state index is 8.64. The second-order valence-electron chi connectivity index (χ2n) is 5.29. The summed E-state index contributed by atoms with van der Waals surface area (Å²) >= 11 is 5.93. The first kappa shape index (κ1) is 16.0. The fourth-order valence-electron chi connectivity index (χ4n) is 2.47. The summed E-state index contributed by atoms with van der Waals surface area (Å²) in [6, 6.07) is 5.83. The lowest BCUT2D eigenvalue weighted by molar-refractivity contribution is 0.440. The van der Waals surface area contributed by atoms with E-state index in [4.69, 9.17) is 26.1 Å². The van der Waals surface area contributed by atoms with Gasteiger partial charge in [0.1, 0.15) is 11.1 Å². The largest absolute Gasteiger partial charge is 0.437 e. The predicted molar refractivity (Wildman–Crippen MR) is 90.0 cm³/mol. The SMILES string of the molecule is Cc1cc(/C=C/C#N)cc(C)c1Oc1nc(Cl)nc2onc(C)c12. The number of fused-ring (bicyclic) bond motifs is 1. The summed E-state index contributed by atoms with van der Waals surface area (Å²) in [7, 11) is 0. The van der Waals surface area contributed by atoms with Crippen molar-refractivity contribution in [2.75, 3.05) is 0 Å². The molecule has 3 rings (SSSR count). The Morgan fingerprint density at radius 1 is 1.21 bits per heavy atom. The van der Waals surface area contributed by atoms with Crippen molar-refractivity contribution >= 4 is 28.8 Å². The van der Waals surface area contributed by atoms with E-state index in [-0.39, 0.29) is 11.0 Å². The number of aryl methyl sites for hydroxylation is 3. The maximum atomic E-state index is 8.64. The number of nitriles is 1. The van der Waals surface area contributed by atoms with Crippen molar-refractivity contribution in [1.29, 1.82) is 5.26 Å². The number of aromatic nitrogens is 3. The van der Waals surface area contributed by atoms with E-state index in [0.717, 1.165) is 16.7 Å². The van der Waals surface area contributed by atoms with Gasteiger partial charge in [-0.05, 0) is 67.3 Å². The first-order valence-electron chi connectivity index (χ1n) is 7.14. The Hall–Kier alpha value is -2.91. The van der Waals surface area contributed by atoms with Crippen molar-refractivity contribution in [2.45, 2.75) is 20.8 Å². The Morgan fingerprint density at radius 3 is 2.58 bits per heavy atom. The molecule has 7 heteroatoms. The number of hydrogen-bond donors (Lipinski definition) is 0. The fraction of sp³-hybridized carbons (Fsp3) is 0.176. The molecule has 6 nitrogen and oxygen atoms in total. The van der Waals surface area contributed by atoms with E-state index >= 15 is 0 Å². The van der Waals surface area contributed by atoms with Crippen LogP contribution in [0.15, 0.2) is 22.7 Å². The van der Waals surface area contributed by atoms with Gasteiger partial charge in [-0.1, -0.05) is 5.16 Å². The van der Waals surface area contributed by atoms with Gasteiger partial charge in [-0.15, -0.1) is 0 Å². The highest BCUT2D eigenvalue weighted by Crippen LogP contribution is 2.34. The van der Waals surface area contributed by atoms with Crippen molar-refractivity contribution in [1.82, 2.24) is 15.1 Å². The van der Waals surface area contributed by atoms with Crippen molar-refractivity contribution in [3.8, 4) is 17.7 Å². The molecule has 0 aliphatic heterocycles. The molecule has 0 aliphatic rings. The zero-order valence-electron chi connectivity index (χ0n) is 13.3. The second-order valence-corrected chi connectivity index (χ2v) is 5.63. The molecule has 2 heterocycles. The van der Waals surface area contributed by atoms with Crippen LogP contribution in [-0.2, 0) is 0 Å². The van der Waals surface area contributed by atoms with E-state index in [2.05, 4.69) is 15.1 Å². The molecule has 24 heavy (non-hydrogen) atoms. The van der Waals surface area contributed by atoms with Crippen molar-refractivity contribution in [2.24, 2.45) is 0 Å². The molecule has 120 valence electrons. The lowest BCUT2D eigenvalue weighted by Crippen LogP contribution is -1.96. The van der Waals surface area contributed by atoms with E-state index in [1.165, 1.54) is 6.08 Å². The van der Waals surface area contributed by atoms with E-state index < -0.39 is 0 Å². The topological polar surface area (TPSA) is 84.8 Å². The highest BCUT2D eigenvalue weighted by molar-refractivity contribution is 6.28. The molecule has 0 unspecified atom stereocenters. The van der Waals surface area contributed by atoms with Gasteiger partial charge < -0.3 is 9.26 Å². The van der Waals surface area contributed by atoms with Crippen molar-refractivity contribution in [3.05, 3.63) is 45.9 Å². The minimum absolute atomic E-state index is 0.0255. The summed E-state index contributed by atoms with van der Waals surface area (Å²) in [4.78, 5) is 8.16. The third-order valence-electron chi connectivity index (χ3n) is 3.48. The van der Waals surface area contributed by atoms with Crippen LogP contribution in [-0.4, -0.2) is 15.1 Å². The van der Waals surface area contributed by atoms with Crippen LogP contribution in [0.5, 0.6) is 11.6 Å². The molecule has 0 saturated heterocycles. The molecule has 0 amide bonds. The molecule has 2 aromatic heterocycles. The monoisotopic (exact) mass is 340 g/mol. The summed E-state index contributed by atoms with van der Waals surface area (Å²) in [5.41, 5.74) is 3.65. The summed E-state index contributed by atoms with van der Waals surface area (Å²) in [5.74, 6) is 0.969. The molecule has 0 aliphatic carbocycles. The van der Waals surface area contributed by atoms with E-state index in [0.29, 0.717) is 22.7 Å². The lowest BCUT2D eigenvalue weighted by Gasteiger charge is -2.12. The predicted octanol–water partition coefficient (Wildman–Crippen LogP) is 4.53. The molecule has 0 atom stereocenters. The van der Waals surface area contributed by atoms with Crippen LogP contribution in [0.4, 0.5) is 0 Å². The Balaban J connectivity index is 2.08. The number of ether oxygens (including phenoxy) is 1. The Morgan fingerprint density at radius 2 is 1.92 bits per heavy atom. The standard InChI is InChI=1S/C17H13ClN4O2/c1-9-7-12(5-4-6-19)8-10(2)14(9)23-15-13-11(3)22-24-16(13)21-17(18)20-15/h4-5,7-8H,1-3H3/b5-4+. The second kappa shape index (κ2) is 6.30. The van der Waals surface area contributed by atoms with Crippen molar-refractivity contribution in [3.63, 3.8) is 0 Å². The minimum atomic E-state index is 0.0255. The average molecular weight is 341 g/mol. The molecular formula is C17H13ClN4O2. The summed E-state index contributed by atoms with van der Waals surface area (Å²) < 4.78 is 11.1. The maximum Gasteiger partial charge on any atom is 0.266 e. The summed E-state index contributed by atoms with van der Waals surface area (Å²) in [6.07, 6.45) is 3.18. The molecule has 0 bridgehead atoms.